The molecule has 0 aromatic heterocycles. The van der Waals surface area contributed by atoms with Gasteiger partial charge in [0.25, 0.3) is 0 Å². The molecule has 2 bridgehead atoms. The normalized spacial score (nSPS) is 31.6. The van der Waals surface area contributed by atoms with Gasteiger partial charge in [0.05, 0.1) is 12.2 Å². The van der Waals surface area contributed by atoms with Crippen LogP contribution in [-0.2, 0) is 9.53 Å². The number of carbonyl (C=O) groups excluding carboxylic acids is 1. The zero-order chi connectivity index (χ0) is 13.3. The Hall–Kier alpha value is -0.650. The zero-order valence-electron chi connectivity index (χ0n) is 11.6. The van der Waals surface area contributed by atoms with Crippen LogP contribution in [0.25, 0.3) is 0 Å². The highest BCUT2D eigenvalue weighted by Crippen LogP contribution is 2.27. The van der Waals surface area contributed by atoms with Crippen molar-refractivity contribution in [2.75, 3.05) is 19.6 Å². The molecular formula is C13H25N3O2. The van der Waals surface area contributed by atoms with E-state index in [-0.39, 0.29) is 11.9 Å². The smallest absolute Gasteiger partial charge is 0.238 e. The van der Waals surface area contributed by atoms with Gasteiger partial charge in [0, 0.05) is 25.7 Å². The van der Waals surface area contributed by atoms with E-state index in [1.807, 2.05) is 20.8 Å². The van der Waals surface area contributed by atoms with Crippen molar-refractivity contribution in [2.24, 2.45) is 5.73 Å². The quantitative estimate of drug-likeness (QED) is 0.731. The maximum Gasteiger partial charge on any atom is 0.238 e. The summed E-state index contributed by atoms with van der Waals surface area (Å²) in [4.78, 5) is 14.0. The molecular weight excluding hydrogens is 230 g/mol. The molecule has 0 spiro atoms. The average Bonchev–Trinajstić information content (AvgIpc) is 2.56. The summed E-state index contributed by atoms with van der Waals surface area (Å²) < 4.78 is 5.81. The zero-order valence-corrected chi connectivity index (χ0v) is 11.6. The first kappa shape index (κ1) is 13.8. The van der Waals surface area contributed by atoms with E-state index < -0.39 is 5.54 Å². The lowest BCUT2D eigenvalue weighted by Gasteiger charge is -2.39. The topological polar surface area (TPSA) is 67.6 Å². The summed E-state index contributed by atoms with van der Waals surface area (Å²) in [5.41, 5.74) is 4.90. The Bertz CT molecular complexity index is 309. The van der Waals surface area contributed by atoms with Crippen LogP contribution in [0.3, 0.4) is 0 Å². The van der Waals surface area contributed by atoms with Crippen molar-refractivity contribution in [3.8, 4) is 0 Å². The second-order valence-corrected chi connectivity index (χ2v) is 6.15. The number of morpholine rings is 1. The van der Waals surface area contributed by atoms with Gasteiger partial charge in [-0.05, 0) is 33.6 Å². The maximum absolute atomic E-state index is 11.7. The first-order chi connectivity index (χ1) is 8.39. The van der Waals surface area contributed by atoms with Gasteiger partial charge >= 0.3 is 0 Å². The average molecular weight is 255 g/mol. The Kier molecular flexibility index (Phi) is 3.94. The second-order valence-electron chi connectivity index (χ2n) is 6.15. The van der Waals surface area contributed by atoms with Crippen LogP contribution in [0.1, 0.15) is 33.6 Å². The third-order valence-electron chi connectivity index (χ3n) is 3.81. The number of amides is 1. The van der Waals surface area contributed by atoms with E-state index in [0.29, 0.717) is 18.8 Å². The highest BCUT2D eigenvalue weighted by atomic mass is 16.5. The van der Waals surface area contributed by atoms with Crippen molar-refractivity contribution < 1.29 is 9.53 Å². The summed E-state index contributed by atoms with van der Waals surface area (Å²) in [6.45, 7) is 8.45. The molecule has 2 rings (SSSR count). The number of primary amides is 1. The summed E-state index contributed by atoms with van der Waals surface area (Å²) in [5, 5.41) is 3.30. The first-order valence-corrected chi connectivity index (χ1v) is 6.84. The molecule has 104 valence electrons. The molecule has 1 amide bonds. The molecule has 18 heavy (non-hydrogen) atoms. The van der Waals surface area contributed by atoms with Gasteiger partial charge in [-0.2, -0.15) is 0 Å². The molecule has 3 unspecified atom stereocenters. The summed E-state index contributed by atoms with van der Waals surface area (Å²) in [7, 11) is 0. The van der Waals surface area contributed by atoms with Crippen LogP contribution in [0.5, 0.6) is 0 Å². The van der Waals surface area contributed by atoms with Gasteiger partial charge in [-0.15, -0.1) is 0 Å². The van der Waals surface area contributed by atoms with Crippen LogP contribution in [0, 0.1) is 0 Å². The minimum absolute atomic E-state index is 0.236. The van der Waals surface area contributed by atoms with Gasteiger partial charge in [0.1, 0.15) is 5.54 Å². The lowest BCUT2D eigenvalue weighted by Crippen LogP contribution is -2.62. The third-order valence-corrected chi connectivity index (χ3v) is 3.81. The first-order valence-electron chi connectivity index (χ1n) is 6.84. The molecule has 5 nitrogen and oxygen atoms in total. The highest BCUT2D eigenvalue weighted by Gasteiger charge is 2.39. The molecule has 0 radical (unpaired) electrons. The van der Waals surface area contributed by atoms with Gasteiger partial charge in [0.2, 0.25) is 5.91 Å². The fraction of sp³-hybridized carbons (Fsp3) is 0.923. The van der Waals surface area contributed by atoms with Gasteiger partial charge in [-0.25, -0.2) is 0 Å². The summed E-state index contributed by atoms with van der Waals surface area (Å²) in [6, 6.07) is 0.236. The van der Waals surface area contributed by atoms with E-state index in [1.165, 1.54) is 0 Å². The molecule has 2 heterocycles. The lowest BCUT2D eigenvalue weighted by molar-refractivity contribution is -0.126. The van der Waals surface area contributed by atoms with Crippen LogP contribution in [0.4, 0.5) is 0 Å². The van der Waals surface area contributed by atoms with Gasteiger partial charge in [-0.3, -0.25) is 9.69 Å². The Morgan fingerprint density at radius 2 is 2.00 bits per heavy atom. The van der Waals surface area contributed by atoms with Crippen molar-refractivity contribution in [2.45, 2.75) is 57.4 Å². The highest BCUT2D eigenvalue weighted by molar-refractivity contribution is 5.84. The molecule has 2 aliphatic heterocycles. The van der Waals surface area contributed by atoms with E-state index in [0.717, 1.165) is 25.9 Å². The minimum Gasteiger partial charge on any atom is -0.372 e. The van der Waals surface area contributed by atoms with E-state index in [9.17, 15) is 4.79 Å². The number of hydrogen-bond donors (Lipinski definition) is 2. The van der Waals surface area contributed by atoms with Gasteiger partial charge in [0.15, 0.2) is 0 Å². The number of rotatable bonds is 5. The van der Waals surface area contributed by atoms with Crippen LogP contribution >= 0.6 is 0 Å². The summed E-state index contributed by atoms with van der Waals surface area (Å²) >= 11 is 0. The fourth-order valence-electron chi connectivity index (χ4n) is 3.11. The number of nitrogens with zero attached hydrogens (tertiary/aromatic N) is 1. The largest absolute Gasteiger partial charge is 0.372 e. The number of nitrogens with two attached hydrogens (primary N) is 1. The van der Waals surface area contributed by atoms with Crippen LogP contribution in [-0.4, -0.2) is 54.2 Å². The molecule has 5 heteroatoms. The molecule has 3 N–H and O–H groups in total. The number of hydrogen-bond acceptors (Lipinski definition) is 4. The maximum atomic E-state index is 11.7. The number of likely N-dealkylation sites (tertiary alicyclic amines) is 1. The third kappa shape index (κ3) is 3.02. The molecule has 2 saturated heterocycles. The Morgan fingerprint density at radius 3 is 2.44 bits per heavy atom. The molecule has 0 aromatic rings. The molecule has 2 fully saturated rings. The molecule has 0 aliphatic carbocycles. The van der Waals surface area contributed by atoms with Gasteiger partial charge in [-0.1, -0.05) is 0 Å². The Morgan fingerprint density at radius 1 is 1.44 bits per heavy atom. The summed E-state index contributed by atoms with van der Waals surface area (Å²) in [6.07, 6.45) is 2.98. The Labute approximate surface area is 109 Å². The molecule has 0 aromatic carbocycles. The molecule has 2 aliphatic rings. The number of carbonyl (C=O) groups is 1. The monoisotopic (exact) mass is 255 g/mol. The Balaban J connectivity index is 1.98. The fourth-order valence-corrected chi connectivity index (χ4v) is 3.11. The van der Waals surface area contributed by atoms with Crippen molar-refractivity contribution >= 4 is 5.91 Å². The predicted octanol–water partition coefficient (Wildman–Crippen LogP) is 0.0916. The van der Waals surface area contributed by atoms with Crippen LogP contribution in [0.2, 0.25) is 0 Å². The van der Waals surface area contributed by atoms with Crippen molar-refractivity contribution in [3.63, 3.8) is 0 Å². The number of ether oxygens (including phenoxy) is 1. The predicted molar refractivity (Wildman–Crippen MR) is 70.2 cm³/mol. The second kappa shape index (κ2) is 5.15. The van der Waals surface area contributed by atoms with E-state index >= 15 is 0 Å². The molecule has 3 atom stereocenters. The van der Waals surface area contributed by atoms with Crippen molar-refractivity contribution in [1.29, 1.82) is 0 Å². The molecule has 0 saturated carbocycles. The van der Waals surface area contributed by atoms with E-state index in [1.54, 1.807) is 0 Å². The van der Waals surface area contributed by atoms with Crippen LogP contribution < -0.4 is 11.1 Å². The van der Waals surface area contributed by atoms with Crippen LogP contribution in [0.15, 0.2) is 0 Å². The minimum atomic E-state index is -0.662. The lowest BCUT2D eigenvalue weighted by atomic mass is 9.99. The van der Waals surface area contributed by atoms with Gasteiger partial charge < -0.3 is 15.8 Å². The van der Waals surface area contributed by atoms with Crippen molar-refractivity contribution in [3.05, 3.63) is 0 Å². The number of fused-ring (bicyclic) bond motifs is 2. The SMILES string of the molecule is CC(C)NC(C)(CN1CC2CCC(C1)O2)C(N)=O. The standard InChI is InChI=1S/C13H25N3O2/c1-9(2)15-13(3,12(14)17)8-16-6-10-4-5-11(7-16)18-10/h9-11,15H,4-8H2,1-3H3,(H2,14,17). The summed E-state index contributed by atoms with van der Waals surface area (Å²) in [5.74, 6) is -0.282. The van der Waals surface area contributed by atoms with E-state index in [2.05, 4.69) is 10.2 Å². The van der Waals surface area contributed by atoms with Crippen molar-refractivity contribution in [1.82, 2.24) is 10.2 Å². The number of nitrogens with one attached hydrogen (secondary N) is 1. The van der Waals surface area contributed by atoms with E-state index in [4.69, 9.17) is 10.5 Å².